The maximum Gasteiger partial charge on any atom is 0.358 e. The third kappa shape index (κ3) is 4.58. The highest BCUT2D eigenvalue weighted by Gasteiger charge is 2.21. The normalized spacial score (nSPS) is 10.4. The number of nitrogens with zero attached hydrogens (tertiary/aromatic N) is 3. The van der Waals surface area contributed by atoms with Gasteiger partial charge in [-0.15, -0.1) is 11.3 Å². The first kappa shape index (κ1) is 20.1. The number of carbonyl (C=O) groups is 1. The number of hydrogen-bond donors (Lipinski definition) is 0. The zero-order valence-corrected chi connectivity index (χ0v) is 17.9. The lowest BCUT2D eigenvalue weighted by molar-refractivity contribution is 0.0519. The van der Waals surface area contributed by atoms with Gasteiger partial charge in [-0.3, -0.25) is 0 Å². The monoisotopic (exact) mass is 455 g/mol. The molecule has 1 aromatic heterocycles. The molecular weight excluding hydrogens is 438 g/mol. The lowest BCUT2D eigenvalue weighted by Gasteiger charge is -2.22. The third-order valence-electron chi connectivity index (χ3n) is 4.02. The van der Waals surface area contributed by atoms with Gasteiger partial charge in [-0.1, -0.05) is 28.1 Å². The van der Waals surface area contributed by atoms with Crippen LogP contribution in [0.15, 0.2) is 53.0 Å². The van der Waals surface area contributed by atoms with E-state index in [4.69, 9.17) is 10.00 Å². The number of halogens is 1. The summed E-state index contributed by atoms with van der Waals surface area (Å²) in [6, 6.07) is 17.5. The Hall–Kier alpha value is -2.69. The van der Waals surface area contributed by atoms with Gasteiger partial charge in [0.25, 0.3) is 0 Å². The Labute approximate surface area is 176 Å². The van der Waals surface area contributed by atoms with E-state index < -0.39 is 5.97 Å². The molecule has 7 heteroatoms. The summed E-state index contributed by atoms with van der Waals surface area (Å²) in [7, 11) is 0. The van der Waals surface area contributed by atoms with Crippen LogP contribution in [0.5, 0.6) is 0 Å². The predicted molar refractivity (Wildman–Crippen MR) is 114 cm³/mol. The van der Waals surface area contributed by atoms with Crippen LogP contribution in [-0.4, -0.2) is 17.6 Å². The van der Waals surface area contributed by atoms with Crippen LogP contribution in [0, 0.1) is 18.3 Å². The van der Waals surface area contributed by atoms with Crippen molar-refractivity contribution in [2.45, 2.75) is 20.4 Å². The van der Waals surface area contributed by atoms with E-state index in [0.29, 0.717) is 29.5 Å². The van der Waals surface area contributed by atoms with Gasteiger partial charge >= 0.3 is 5.97 Å². The first-order valence-electron chi connectivity index (χ1n) is 8.68. The largest absolute Gasteiger partial charge is 0.461 e. The van der Waals surface area contributed by atoms with Crippen molar-refractivity contribution in [3.05, 3.63) is 74.7 Å². The highest BCUT2D eigenvalue weighted by molar-refractivity contribution is 9.10. The highest BCUT2D eigenvalue weighted by atomic mass is 79.9. The van der Waals surface area contributed by atoms with Crippen molar-refractivity contribution in [1.82, 2.24) is 4.98 Å². The Morgan fingerprint density at radius 1 is 1.29 bits per heavy atom. The minimum absolute atomic E-state index is 0.308. The molecule has 0 saturated heterocycles. The fourth-order valence-corrected chi connectivity index (χ4v) is 4.05. The fraction of sp³-hybridized carbons (Fsp3) is 0.190. The molecule has 3 rings (SSSR count). The number of anilines is 2. The Kier molecular flexibility index (Phi) is 6.45. The van der Waals surface area contributed by atoms with Crippen LogP contribution in [0.1, 0.15) is 33.4 Å². The smallest absolute Gasteiger partial charge is 0.358 e. The molecule has 0 atom stereocenters. The van der Waals surface area contributed by atoms with Crippen LogP contribution in [0.2, 0.25) is 0 Å². The van der Waals surface area contributed by atoms with Crippen molar-refractivity contribution in [2.24, 2.45) is 0 Å². The summed E-state index contributed by atoms with van der Waals surface area (Å²) in [4.78, 5) is 19.6. The van der Waals surface area contributed by atoms with Gasteiger partial charge < -0.3 is 9.64 Å². The predicted octanol–water partition coefficient (Wildman–Crippen LogP) is 5.60. The van der Waals surface area contributed by atoms with Gasteiger partial charge in [0.1, 0.15) is 0 Å². The number of hydrogen-bond acceptors (Lipinski definition) is 6. The molecule has 0 amide bonds. The van der Waals surface area contributed by atoms with E-state index in [1.165, 1.54) is 11.3 Å². The molecule has 0 radical (unpaired) electrons. The van der Waals surface area contributed by atoms with E-state index >= 15 is 0 Å². The molecule has 0 N–H and O–H groups in total. The van der Waals surface area contributed by atoms with Crippen molar-refractivity contribution >= 4 is 44.1 Å². The van der Waals surface area contributed by atoms with Crippen LogP contribution in [0.4, 0.5) is 10.8 Å². The lowest BCUT2D eigenvalue weighted by Crippen LogP contribution is -2.17. The Bertz CT molecular complexity index is 1020. The molecule has 0 spiro atoms. The Morgan fingerprint density at radius 3 is 2.68 bits per heavy atom. The second-order valence-corrected chi connectivity index (χ2v) is 8.09. The summed E-state index contributed by atoms with van der Waals surface area (Å²) in [6.07, 6.45) is 0. The van der Waals surface area contributed by atoms with Crippen LogP contribution in [0.25, 0.3) is 0 Å². The summed E-state index contributed by atoms with van der Waals surface area (Å²) in [5.41, 5.74) is 2.91. The molecule has 0 aliphatic rings. The topological polar surface area (TPSA) is 66.2 Å². The maximum atomic E-state index is 12.2. The average Bonchev–Trinajstić information content (AvgIpc) is 3.08. The number of carbonyl (C=O) groups excluding carboxylic acids is 1. The highest BCUT2D eigenvalue weighted by Crippen LogP contribution is 2.33. The number of aryl methyl sites for hydroxylation is 1. The van der Waals surface area contributed by atoms with Gasteiger partial charge in [-0.2, -0.15) is 5.26 Å². The van der Waals surface area contributed by atoms with Crippen LogP contribution < -0.4 is 4.90 Å². The van der Waals surface area contributed by atoms with E-state index in [2.05, 4.69) is 27.0 Å². The second kappa shape index (κ2) is 9.00. The van der Waals surface area contributed by atoms with Gasteiger partial charge in [-0.25, -0.2) is 9.78 Å². The number of aromatic nitrogens is 1. The molecule has 0 saturated carbocycles. The van der Waals surface area contributed by atoms with Crippen LogP contribution >= 0.6 is 27.3 Å². The summed E-state index contributed by atoms with van der Waals surface area (Å²) in [5, 5.41) is 9.77. The van der Waals surface area contributed by atoms with E-state index in [1.807, 2.05) is 48.2 Å². The second-order valence-electron chi connectivity index (χ2n) is 6.00. The lowest BCUT2D eigenvalue weighted by atomic mass is 10.2. The molecule has 142 valence electrons. The summed E-state index contributed by atoms with van der Waals surface area (Å²) >= 11 is 4.95. The maximum absolute atomic E-state index is 12.2. The molecule has 5 nitrogen and oxygen atoms in total. The van der Waals surface area contributed by atoms with Crippen molar-refractivity contribution in [2.75, 3.05) is 11.5 Å². The SMILES string of the molecule is CCOC(=O)c1nc(N(Cc2cccc(Br)c2)c2ccc(C#N)cc2)sc1C. The molecular formula is C21H18BrN3O2S. The molecule has 1 heterocycles. The van der Waals surface area contributed by atoms with Gasteiger partial charge in [0.05, 0.1) is 24.8 Å². The van der Waals surface area contributed by atoms with E-state index in [9.17, 15) is 4.79 Å². The number of benzene rings is 2. The molecule has 0 aliphatic carbocycles. The number of nitriles is 1. The number of ether oxygens (including phenoxy) is 1. The number of rotatable bonds is 6. The molecule has 0 fully saturated rings. The van der Waals surface area contributed by atoms with Crippen molar-refractivity contribution in [3.63, 3.8) is 0 Å². The fourth-order valence-electron chi connectivity index (χ4n) is 2.69. The summed E-state index contributed by atoms with van der Waals surface area (Å²) < 4.78 is 6.11. The minimum atomic E-state index is -0.412. The van der Waals surface area contributed by atoms with Gasteiger partial charge in [-0.05, 0) is 55.8 Å². The Balaban J connectivity index is 2.01. The van der Waals surface area contributed by atoms with E-state index in [-0.39, 0.29) is 0 Å². The first-order chi connectivity index (χ1) is 13.5. The standard InChI is InChI=1S/C21H18BrN3O2S/c1-3-27-20(26)19-14(2)28-21(24-19)25(13-16-5-4-6-17(22)11-16)18-9-7-15(12-23)8-10-18/h4-11H,3,13H2,1-2H3. The zero-order chi connectivity index (χ0) is 20.1. The molecule has 0 unspecified atom stereocenters. The first-order valence-corrected chi connectivity index (χ1v) is 10.3. The average molecular weight is 456 g/mol. The molecule has 0 aliphatic heterocycles. The van der Waals surface area contributed by atoms with Crippen molar-refractivity contribution < 1.29 is 9.53 Å². The summed E-state index contributed by atoms with van der Waals surface area (Å²) in [6.45, 7) is 4.52. The molecule has 2 aromatic carbocycles. The van der Waals surface area contributed by atoms with Gasteiger partial charge in [0.2, 0.25) is 0 Å². The van der Waals surface area contributed by atoms with Crippen LogP contribution in [-0.2, 0) is 11.3 Å². The zero-order valence-electron chi connectivity index (χ0n) is 15.5. The molecule has 0 bridgehead atoms. The minimum Gasteiger partial charge on any atom is -0.461 e. The summed E-state index contributed by atoms with van der Waals surface area (Å²) in [5.74, 6) is -0.412. The molecule has 28 heavy (non-hydrogen) atoms. The quantitative estimate of drug-likeness (QED) is 0.452. The number of thiazole rings is 1. The number of esters is 1. The van der Waals surface area contributed by atoms with Crippen molar-refractivity contribution in [3.8, 4) is 6.07 Å². The van der Waals surface area contributed by atoms with E-state index in [1.54, 1.807) is 19.1 Å². The van der Waals surface area contributed by atoms with Crippen molar-refractivity contribution in [1.29, 1.82) is 5.26 Å². The van der Waals surface area contributed by atoms with E-state index in [0.717, 1.165) is 20.6 Å². The molecule has 3 aromatic rings. The van der Waals surface area contributed by atoms with Crippen LogP contribution in [0.3, 0.4) is 0 Å². The third-order valence-corrected chi connectivity index (χ3v) is 5.51. The Morgan fingerprint density at radius 2 is 2.04 bits per heavy atom. The van der Waals surface area contributed by atoms with Gasteiger partial charge in [0, 0.05) is 15.0 Å². The van der Waals surface area contributed by atoms with Gasteiger partial charge in [0.15, 0.2) is 10.8 Å².